The zero-order chi connectivity index (χ0) is 36.3. The Morgan fingerprint density at radius 3 is 1.58 bits per heavy atom. The van der Waals surface area contributed by atoms with Gasteiger partial charge in [0.05, 0.1) is 0 Å². The summed E-state index contributed by atoms with van der Waals surface area (Å²) in [5, 5.41) is 2.14. The van der Waals surface area contributed by atoms with Gasteiger partial charge in [0.1, 0.15) is 11.2 Å². The lowest BCUT2D eigenvalue weighted by atomic mass is 9.66. The maximum absolute atomic E-state index is 6.47. The summed E-state index contributed by atoms with van der Waals surface area (Å²) in [6.45, 7) is 0. The first-order valence-corrected chi connectivity index (χ1v) is 19.4. The molecule has 2 heterocycles. The zero-order valence-corrected chi connectivity index (χ0v) is 30.4. The second-order valence-electron chi connectivity index (χ2n) is 15.1. The van der Waals surface area contributed by atoms with Crippen LogP contribution < -0.4 is 0 Å². The molecule has 0 atom stereocenters. The van der Waals surface area contributed by atoms with Crippen molar-refractivity contribution < 1.29 is 4.42 Å². The van der Waals surface area contributed by atoms with E-state index in [4.69, 9.17) is 19.4 Å². The van der Waals surface area contributed by atoms with Crippen LogP contribution in [-0.4, -0.2) is 15.0 Å². The predicted molar refractivity (Wildman–Crippen MR) is 224 cm³/mol. The fourth-order valence-electron chi connectivity index (χ4n) is 9.35. The average molecular weight is 708 g/mol. The molecule has 0 aliphatic heterocycles. The maximum atomic E-state index is 6.47. The molecule has 4 heteroatoms. The van der Waals surface area contributed by atoms with Gasteiger partial charge in [0, 0.05) is 32.9 Å². The second kappa shape index (κ2) is 12.7. The van der Waals surface area contributed by atoms with E-state index in [0.717, 1.165) is 44.2 Å². The lowest BCUT2D eigenvalue weighted by Gasteiger charge is -2.37. The molecule has 0 radical (unpaired) electrons. The maximum Gasteiger partial charge on any atom is 0.164 e. The number of nitrogens with zero attached hydrogens (tertiary/aromatic N) is 3. The third kappa shape index (κ3) is 5.24. The van der Waals surface area contributed by atoms with E-state index in [1.54, 1.807) is 0 Å². The number of hydrogen-bond donors (Lipinski definition) is 0. The van der Waals surface area contributed by atoms with Crippen molar-refractivity contribution in [1.29, 1.82) is 0 Å². The van der Waals surface area contributed by atoms with Crippen LogP contribution in [0.15, 0.2) is 168 Å². The minimum atomic E-state index is 0.0656. The van der Waals surface area contributed by atoms with Gasteiger partial charge in [-0.05, 0) is 87.7 Å². The summed E-state index contributed by atoms with van der Waals surface area (Å²) in [5.74, 6) is 1.91. The number of hydrogen-bond acceptors (Lipinski definition) is 4. The Morgan fingerprint density at radius 2 is 0.873 bits per heavy atom. The van der Waals surface area contributed by atoms with Crippen molar-refractivity contribution in [3.63, 3.8) is 0 Å². The summed E-state index contributed by atoms with van der Waals surface area (Å²) < 4.78 is 6.47. The first kappa shape index (κ1) is 31.8. The van der Waals surface area contributed by atoms with Crippen LogP contribution in [0.5, 0.6) is 0 Å². The average Bonchev–Trinajstić information content (AvgIpc) is 3.76. The largest absolute Gasteiger partial charge is 0.456 e. The van der Waals surface area contributed by atoms with Gasteiger partial charge >= 0.3 is 0 Å². The van der Waals surface area contributed by atoms with Gasteiger partial charge < -0.3 is 4.42 Å². The molecular weight excluding hydrogens is 671 g/mol. The van der Waals surface area contributed by atoms with Gasteiger partial charge in [0.2, 0.25) is 0 Å². The summed E-state index contributed by atoms with van der Waals surface area (Å²) in [6.07, 6.45) is 6.24. The molecule has 7 aromatic carbocycles. The molecule has 0 amide bonds. The molecule has 262 valence electrons. The fourth-order valence-corrected chi connectivity index (χ4v) is 9.35. The molecule has 0 N–H and O–H groups in total. The number of fused-ring (bicyclic) bond motifs is 8. The summed E-state index contributed by atoms with van der Waals surface area (Å²) in [5.41, 5.74) is 15.3. The Hall–Kier alpha value is -6.65. The zero-order valence-electron chi connectivity index (χ0n) is 30.4. The van der Waals surface area contributed by atoms with E-state index >= 15 is 0 Å². The van der Waals surface area contributed by atoms with E-state index in [9.17, 15) is 0 Å². The Labute approximate surface area is 320 Å². The molecule has 9 aromatic rings. The topological polar surface area (TPSA) is 51.8 Å². The summed E-state index contributed by atoms with van der Waals surface area (Å²) in [6, 6.07) is 58.1. The van der Waals surface area contributed by atoms with Gasteiger partial charge in [-0.15, -0.1) is 0 Å². The van der Waals surface area contributed by atoms with E-state index in [0.29, 0.717) is 17.5 Å². The first-order chi connectivity index (χ1) is 27.2. The van der Waals surface area contributed by atoms with Crippen molar-refractivity contribution >= 4 is 21.9 Å². The third-order valence-electron chi connectivity index (χ3n) is 11.9. The molecule has 11 rings (SSSR count). The monoisotopic (exact) mass is 707 g/mol. The van der Waals surface area contributed by atoms with Crippen LogP contribution in [0.2, 0.25) is 0 Å². The highest BCUT2D eigenvalue weighted by molar-refractivity contribution is 6.08. The van der Waals surface area contributed by atoms with E-state index in [1.807, 2.05) is 36.4 Å². The third-order valence-corrected chi connectivity index (χ3v) is 11.9. The van der Waals surface area contributed by atoms with Crippen LogP contribution in [0.1, 0.15) is 43.2 Å². The van der Waals surface area contributed by atoms with Crippen LogP contribution in [-0.2, 0) is 5.41 Å². The standard InChI is InChI=1S/C51H37N3O/c1-4-13-33(14-5-1)34-21-23-36(24-22-34)49-52-48(35-15-6-2-7-16-35)53-50(54-49)38-26-28-46-43(32-38)42-31-37(25-27-45(42)55-46)39-18-12-19-41-40-17-8-9-20-44(40)51(47(39)41)29-10-3-11-30-51/h1-2,4-9,12-28,31-32H,3,10-11,29-30H2. The van der Waals surface area contributed by atoms with Gasteiger partial charge in [-0.2, -0.15) is 0 Å². The molecule has 2 aromatic heterocycles. The van der Waals surface area contributed by atoms with Crippen LogP contribution in [0, 0.1) is 0 Å². The highest BCUT2D eigenvalue weighted by Crippen LogP contribution is 2.58. The van der Waals surface area contributed by atoms with Crippen LogP contribution in [0.25, 0.3) is 89.5 Å². The Balaban J connectivity index is 1.04. The van der Waals surface area contributed by atoms with Crippen molar-refractivity contribution in [1.82, 2.24) is 15.0 Å². The van der Waals surface area contributed by atoms with Crippen LogP contribution >= 0.6 is 0 Å². The van der Waals surface area contributed by atoms with Crippen molar-refractivity contribution in [2.24, 2.45) is 0 Å². The quantitative estimate of drug-likeness (QED) is 0.179. The molecule has 0 saturated heterocycles. The molecule has 1 spiro atoms. The molecule has 2 aliphatic rings. The van der Waals surface area contributed by atoms with Gasteiger partial charge in [0.15, 0.2) is 17.5 Å². The number of rotatable bonds is 5. The van der Waals surface area contributed by atoms with Crippen molar-refractivity contribution in [3.8, 4) is 67.5 Å². The first-order valence-electron chi connectivity index (χ1n) is 19.4. The lowest BCUT2D eigenvalue weighted by Crippen LogP contribution is -2.28. The molecule has 4 nitrogen and oxygen atoms in total. The van der Waals surface area contributed by atoms with Crippen LogP contribution in [0.4, 0.5) is 0 Å². The van der Waals surface area contributed by atoms with E-state index < -0.39 is 0 Å². The molecule has 1 saturated carbocycles. The molecule has 0 bridgehead atoms. The number of benzene rings is 7. The summed E-state index contributed by atoms with van der Waals surface area (Å²) >= 11 is 0. The Morgan fingerprint density at radius 1 is 0.382 bits per heavy atom. The van der Waals surface area contributed by atoms with E-state index in [-0.39, 0.29) is 5.41 Å². The van der Waals surface area contributed by atoms with E-state index in [2.05, 4.69) is 127 Å². The van der Waals surface area contributed by atoms with E-state index in [1.165, 1.54) is 71.0 Å². The normalized spacial score (nSPS) is 14.3. The Kier molecular flexibility index (Phi) is 7.38. The second-order valence-corrected chi connectivity index (χ2v) is 15.1. The van der Waals surface area contributed by atoms with Gasteiger partial charge in [-0.3, -0.25) is 0 Å². The van der Waals surface area contributed by atoms with Crippen LogP contribution in [0.3, 0.4) is 0 Å². The SMILES string of the molecule is c1ccc(-c2ccc(-c3nc(-c4ccccc4)nc(-c4ccc5oc6ccc(-c7cccc8c7C7(CCCCC7)c7ccccc7-8)cc6c5c4)n3)cc2)cc1. The smallest absolute Gasteiger partial charge is 0.164 e. The molecular formula is C51H37N3O. The number of furan rings is 1. The lowest BCUT2D eigenvalue weighted by molar-refractivity contribution is 0.353. The fraction of sp³-hybridized carbons (Fsp3) is 0.118. The summed E-state index contributed by atoms with van der Waals surface area (Å²) in [7, 11) is 0. The summed E-state index contributed by atoms with van der Waals surface area (Å²) in [4.78, 5) is 15.1. The highest BCUT2D eigenvalue weighted by Gasteiger charge is 2.45. The van der Waals surface area contributed by atoms with Crippen molar-refractivity contribution in [3.05, 3.63) is 175 Å². The minimum Gasteiger partial charge on any atom is -0.456 e. The highest BCUT2D eigenvalue weighted by atomic mass is 16.3. The number of aromatic nitrogens is 3. The molecule has 2 aliphatic carbocycles. The van der Waals surface area contributed by atoms with Gasteiger partial charge in [0.25, 0.3) is 0 Å². The predicted octanol–water partition coefficient (Wildman–Crippen LogP) is 13.3. The molecule has 1 fully saturated rings. The van der Waals surface area contributed by atoms with Crippen molar-refractivity contribution in [2.45, 2.75) is 37.5 Å². The van der Waals surface area contributed by atoms with Crippen molar-refractivity contribution in [2.75, 3.05) is 0 Å². The molecule has 55 heavy (non-hydrogen) atoms. The minimum absolute atomic E-state index is 0.0656. The Bertz CT molecular complexity index is 2890. The van der Waals surface area contributed by atoms with Gasteiger partial charge in [-0.1, -0.05) is 153 Å². The molecule has 0 unspecified atom stereocenters. The van der Waals surface area contributed by atoms with Gasteiger partial charge in [-0.25, -0.2) is 15.0 Å².